The van der Waals surface area contributed by atoms with Crippen LogP contribution in [0, 0.1) is 11.3 Å². The first-order valence-electron chi connectivity index (χ1n) is 10.8. The fourth-order valence-corrected chi connectivity index (χ4v) is 6.54. The van der Waals surface area contributed by atoms with E-state index in [9.17, 15) is 9.59 Å². The maximum Gasteiger partial charge on any atom is 0.258 e. The Bertz CT molecular complexity index is 1280. The zero-order chi connectivity index (χ0) is 23.9. The van der Waals surface area contributed by atoms with Crippen LogP contribution in [0.25, 0.3) is 10.8 Å². The lowest BCUT2D eigenvalue weighted by Gasteiger charge is -2.33. The van der Waals surface area contributed by atoms with Crippen LogP contribution in [-0.2, 0) is 12.8 Å². The number of thiocarbonyl (C=S) groups is 1. The minimum Gasteiger partial charge on any atom is -0.365 e. The Morgan fingerprint density at radius 3 is 2.55 bits per heavy atom. The molecule has 1 heterocycles. The summed E-state index contributed by atoms with van der Waals surface area (Å²) in [6.07, 6.45) is 2.75. The molecule has 0 aliphatic heterocycles. The Kier molecular flexibility index (Phi) is 6.62. The highest BCUT2D eigenvalue weighted by atomic mass is 79.9. The van der Waals surface area contributed by atoms with E-state index in [4.69, 9.17) is 18.0 Å². The normalized spacial score (nSPS) is 15.7. The number of rotatable bonds is 3. The zero-order valence-electron chi connectivity index (χ0n) is 18.8. The van der Waals surface area contributed by atoms with Gasteiger partial charge < -0.3 is 11.1 Å². The van der Waals surface area contributed by atoms with Gasteiger partial charge in [0.1, 0.15) is 5.00 Å². The van der Waals surface area contributed by atoms with Crippen LogP contribution >= 0.6 is 39.5 Å². The lowest BCUT2D eigenvalue weighted by atomic mass is 9.72. The molecule has 1 atom stereocenters. The van der Waals surface area contributed by atoms with E-state index in [-0.39, 0.29) is 16.4 Å². The van der Waals surface area contributed by atoms with Gasteiger partial charge in [0, 0.05) is 14.9 Å². The highest BCUT2D eigenvalue weighted by Gasteiger charge is 2.33. The molecule has 4 rings (SSSR count). The van der Waals surface area contributed by atoms with Crippen molar-refractivity contribution in [2.24, 2.45) is 17.1 Å². The molecular weight excluding hydrogens is 518 g/mol. The number of thiophene rings is 1. The summed E-state index contributed by atoms with van der Waals surface area (Å²) in [4.78, 5) is 26.5. The molecule has 0 unspecified atom stereocenters. The molecule has 1 aromatic heterocycles. The highest BCUT2D eigenvalue weighted by molar-refractivity contribution is 9.10. The van der Waals surface area contributed by atoms with Crippen molar-refractivity contribution < 1.29 is 9.59 Å². The van der Waals surface area contributed by atoms with E-state index in [0.717, 1.165) is 40.1 Å². The van der Waals surface area contributed by atoms with Crippen LogP contribution in [-0.4, -0.2) is 16.9 Å². The summed E-state index contributed by atoms with van der Waals surface area (Å²) in [6.45, 7) is 6.75. The second kappa shape index (κ2) is 9.16. The Balaban J connectivity index is 1.56. The summed E-state index contributed by atoms with van der Waals surface area (Å²) in [5.41, 5.74) is 7.96. The fraction of sp³-hybridized carbons (Fsp3) is 0.320. The van der Waals surface area contributed by atoms with Crippen LogP contribution in [0.15, 0.2) is 40.9 Å². The molecule has 172 valence electrons. The minimum atomic E-state index is -0.475. The second-order valence-electron chi connectivity index (χ2n) is 9.43. The smallest absolute Gasteiger partial charge is 0.258 e. The first-order chi connectivity index (χ1) is 15.6. The summed E-state index contributed by atoms with van der Waals surface area (Å²) >= 11 is 10.5. The zero-order valence-corrected chi connectivity index (χ0v) is 22.0. The van der Waals surface area contributed by atoms with Crippen molar-refractivity contribution in [1.29, 1.82) is 0 Å². The van der Waals surface area contributed by atoms with Gasteiger partial charge >= 0.3 is 0 Å². The summed E-state index contributed by atoms with van der Waals surface area (Å²) in [7, 11) is 0. The summed E-state index contributed by atoms with van der Waals surface area (Å²) in [5.74, 6) is -0.252. The van der Waals surface area contributed by atoms with Crippen LogP contribution in [0.5, 0.6) is 0 Å². The molecule has 1 aliphatic carbocycles. The van der Waals surface area contributed by atoms with Gasteiger partial charge in [0.15, 0.2) is 5.11 Å². The first kappa shape index (κ1) is 23.9. The van der Waals surface area contributed by atoms with Gasteiger partial charge in [-0.1, -0.05) is 61.0 Å². The van der Waals surface area contributed by atoms with Crippen molar-refractivity contribution in [3.8, 4) is 0 Å². The Hall–Kier alpha value is -2.29. The van der Waals surface area contributed by atoms with Crippen molar-refractivity contribution in [2.75, 3.05) is 5.32 Å². The van der Waals surface area contributed by atoms with E-state index >= 15 is 0 Å². The number of nitrogens with one attached hydrogen (secondary N) is 2. The van der Waals surface area contributed by atoms with E-state index in [0.29, 0.717) is 22.0 Å². The van der Waals surface area contributed by atoms with E-state index in [2.05, 4.69) is 47.3 Å². The topological polar surface area (TPSA) is 84.2 Å². The number of carbonyl (C=O) groups excluding carboxylic acids is 2. The van der Waals surface area contributed by atoms with E-state index in [1.54, 1.807) is 6.07 Å². The lowest BCUT2D eigenvalue weighted by molar-refractivity contribution is 0.0977. The Morgan fingerprint density at radius 2 is 1.85 bits per heavy atom. The van der Waals surface area contributed by atoms with Gasteiger partial charge in [-0.2, -0.15) is 0 Å². The van der Waals surface area contributed by atoms with Gasteiger partial charge in [0.2, 0.25) is 0 Å². The third kappa shape index (κ3) is 4.83. The number of nitrogens with two attached hydrogens (primary N) is 1. The second-order valence-corrected chi connectivity index (χ2v) is 11.8. The molecule has 2 aromatic carbocycles. The predicted octanol–water partition coefficient (Wildman–Crippen LogP) is 6.04. The Morgan fingerprint density at radius 1 is 1.15 bits per heavy atom. The third-order valence-corrected chi connectivity index (χ3v) is 8.37. The first-order valence-corrected chi connectivity index (χ1v) is 12.8. The monoisotopic (exact) mass is 543 g/mol. The molecule has 0 bridgehead atoms. The third-order valence-electron chi connectivity index (χ3n) is 6.30. The van der Waals surface area contributed by atoms with Crippen molar-refractivity contribution in [1.82, 2.24) is 5.32 Å². The molecule has 33 heavy (non-hydrogen) atoms. The maximum absolute atomic E-state index is 13.0. The van der Waals surface area contributed by atoms with Crippen LogP contribution in [0.3, 0.4) is 0 Å². The number of fused-ring (bicyclic) bond motifs is 2. The van der Waals surface area contributed by atoms with Gasteiger partial charge in [-0.05, 0) is 71.3 Å². The maximum atomic E-state index is 13.0. The summed E-state index contributed by atoms with van der Waals surface area (Å²) in [6, 6.07) is 11.3. The molecule has 0 spiro atoms. The average Bonchev–Trinajstić information content (AvgIpc) is 3.10. The molecule has 1 aliphatic rings. The fourth-order valence-electron chi connectivity index (χ4n) is 4.45. The molecule has 2 amide bonds. The number of benzene rings is 2. The van der Waals surface area contributed by atoms with Gasteiger partial charge in [0.25, 0.3) is 11.8 Å². The molecule has 0 fully saturated rings. The van der Waals surface area contributed by atoms with Crippen molar-refractivity contribution in [3.05, 3.63) is 62.4 Å². The van der Waals surface area contributed by atoms with Crippen LogP contribution < -0.4 is 16.4 Å². The van der Waals surface area contributed by atoms with Crippen molar-refractivity contribution in [2.45, 2.75) is 40.0 Å². The molecule has 8 heteroatoms. The number of hydrogen-bond donors (Lipinski definition) is 3. The van der Waals surface area contributed by atoms with Crippen molar-refractivity contribution in [3.63, 3.8) is 0 Å². The molecule has 0 saturated heterocycles. The highest BCUT2D eigenvalue weighted by Crippen LogP contribution is 2.44. The summed E-state index contributed by atoms with van der Waals surface area (Å²) in [5, 5.41) is 8.34. The van der Waals surface area contributed by atoms with Gasteiger partial charge in [-0.3, -0.25) is 14.9 Å². The van der Waals surface area contributed by atoms with E-state index < -0.39 is 5.91 Å². The predicted molar refractivity (Wildman–Crippen MR) is 143 cm³/mol. The lowest BCUT2D eigenvalue weighted by Crippen LogP contribution is -2.34. The molecule has 5 nitrogen and oxygen atoms in total. The average molecular weight is 545 g/mol. The quantitative estimate of drug-likeness (QED) is 0.351. The van der Waals surface area contributed by atoms with Gasteiger partial charge in [0.05, 0.1) is 5.56 Å². The standard InChI is InChI=1S/C25H26BrN3O2S2/c1-25(2,3)13-10-11-17-19(12-13)33-23(20(17)21(27)30)29-24(32)28-22(31)16-8-4-7-15-14(16)6-5-9-18(15)26/h4-9,13H,10-12H2,1-3H3,(H2,27,30)(H2,28,29,31,32)/t13-/m1/s1. The minimum absolute atomic E-state index is 0.139. The number of primary amides is 1. The molecule has 0 saturated carbocycles. The largest absolute Gasteiger partial charge is 0.365 e. The van der Waals surface area contributed by atoms with Gasteiger partial charge in [-0.15, -0.1) is 11.3 Å². The Labute approximate surface area is 211 Å². The summed E-state index contributed by atoms with van der Waals surface area (Å²) < 4.78 is 0.916. The number of anilines is 1. The number of amides is 2. The molecule has 3 aromatic rings. The van der Waals surface area contributed by atoms with Gasteiger partial charge in [-0.25, -0.2) is 0 Å². The number of hydrogen-bond acceptors (Lipinski definition) is 4. The SMILES string of the molecule is CC(C)(C)[C@@H]1CCc2c(sc(NC(=S)NC(=O)c3cccc4c(Br)cccc34)c2C(N)=O)C1. The van der Waals surface area contributed by atoms with Crippen molar-refractivity contribution >= 4 is 72.2 Å². The van der Waals surface area contributed by atoms with Crippen LogP contribution in [0.1, 0.15) is 58.3 Å². The van der Waals surface area contributed by atoms with Crippen LogP contribution in [0.2, 0.25) is 0 Å². The van der Waals surface area contributed by atoms with Crippen LogP contribution in [0.4, 0.5) is 5.00 Å². The number of halogens is 1. The molecule has 4 N–H and O–H groups in total. The number of carbonyl (C=O) groups is 2. The molecular formula is C25H26BrN3O2S2. The molecule has 0 radical (unpaired) electrons. The van der Waals surface area contributed by atoms with E-state index in [1.807, 2.05) is 30.3 Å². The van der Waals surface area contributed by atoms with E-state index in [1.165, 1.54) is 16.2 Å².